The minimum atomic E-state index is -0.0767. The Balaban J connectivity index is 2.98. The molecular weight excluding hydrogens is 252 g/mol. The summed E-state index contributed by atoms with van der Waals surface area (Å²) < 4.78 is 1.72. The Morgan fingerprint density at radius 1 is 1.50 bits per heavy atom. The summed E-state index contributed by atoms with van der Waals surface area (Å²) in [5, 5.41) is 9.67. The van der Waals surface area contributed by atoms with Gasteiger partial charge < -0.3 is 14.6 Å². The Morgan fingerprint density at radius 3 is 2.50 bits per heavy atom. The van der Waals surface area contributed by atoms with Crippen LogP contribution in [0.5, 0.6) is 0 Å². The first-order valence-corrected chi connectivity index (χ1v) is 6.66. The molecule has 0 saturated heterocycles. The van der Waals surface area contributed by atoms with Crippen LogP contribution in [0.3, 0.4) is 0 Å². The van der Waals surface area contributed by atoms with E-state index < -0.39 is 0 Å². The molecule has 0 bridgehead atoms. The van der Waals surface area contributed by atoms with Gasteiger partial charge in [-0.3, -0.25) is 4.79 Å². The molecule has 0 aliphatic carbocycles. The molecule has 18 heavy (non-hydrogen) atoms. The fraction of sp³-hybridized carbons (Fsp3) is 0.615. The Morgan fingerprint density at radius 2 is 2.11 bits per heavy atom. The number of carbonyl (C=O) groups excluding carboxylic acids is 1. The first kappa shape index (κ1) is 15.1. The summed E-state index contributed by atoms with van der Waals surface area (Å²) in [5.74, 6) is -0.0767. The van der Waals surface area contributed by atoms with Crippen molar-refractivity contribution < 1.29 is 9.90 Å². The number of halogens is 1. The van der Waals surface area contributed by atoms with Crippen molar-refractivity contribution in [1.82, 2.24) is 9.47 Å². The molecule has 0 aliphatic heterocycles. The molecule has 1 aromatic heterocycles. The van der Waals surface area contributed by atoms with Gasteiger partial charge in [0.1, 0.15) is 5.69 Å². The van der Waals surface area contributed by atoms with E-state index in [0.717, 1.165) is 12.8 Å². The summed E-state index contributed by atoms with van der Waals surface area (Å²) in [4.78, 5) is 14.2. The number of aromatic nitrogens is 1. The molecule has 1 N–H and O–H groups in total. The van der Waals surface area contributed by atoms with Crippen molar-refractivity contribution in [2.24, 2.45) is 7.05 Å². The Kier molecular flexibility index (Phi) is 5.69. The molecule has 0 aromatic carbocycles. The van der Waals surface area contributed by atoms with Gasteiger partial charge in [-0.1, -0.05) is 25.4 Å². The van der Waals surface area contributed by atoms with E-state index in [1.807, 2.05) is 13.8 Å². The fourth-order valence-corrected chi connectivity index (χ4v) is 2.42. The van der Waals surface area contributed by atoms with E-state index in [1.54, 1.807) is 28.8 Å². The largest absolute Gasteiger partial charge is 0.395 e. The standard InChI is InChI=1S/C13H21ClN2O2/c1-4-11(5-2)16(6-7-17)13(18)12-8-10(14)9-15(12)3/h8-9,11,17H,4-7H2,1-3H3. The lowest BCUT2D eigenvalue weighted by Gasteiger charge is -2.30. The predicted octanol–water partition coefficient (Wildman–Crippen LogP) is 2.30. The Bertz CT molecular complexity index is 400. The van der Waals surface area contributed by atoms with Crippen molar-refractivity contribution in [2.45, 2.75) is 32.7 Å². The maximum atomic E-state index is 12.5. The van der Waals surface area contributed by atoms with Crippen LogP contribution in [0.1, 0.15) is 37.2 Å². The summed E-state index contributed by atoms with van der Waals surface area (Å²) in [7, 11) is 1.79. The van der Waals surface area contributed by atoms with Gasteiger partial charge in [-0.25, -0.2) is 0 Å². The van der Waals surface area contributed by atoms with Crippen molar-refractivity contribution >= 4 is 17.5 Å². The van der Waals surface area contributed by atoms with Gasteiger partial charge in [0.25, 0.3) is 5.91 Å². The fourth-order valence-electron chi connectivity index (χ4n) is 2.17. The number of hydrogen-bond donors (Lipinski definition) is 1. The van der Waals surface area contributed by atoms with Crippen LogP contribution in [0, 0.1) is 0 Å². The first-order valence-electron chi connectivity index (χ1n) is 6.28. The monoisotopic (exact) mass is 272 g/mol. The van der Waals surface area contributed by atoms with Gasteiger partial charge in [-0.05, 0) is 18.9 Å². The molecule has 0 atom stereocenters. The molecule has 1 amide bonds. The van der Waals surface area contributed by atoms with Crippen LogP contribution in [0.25, 0.3) is 0 Å². The SMILES string of the molecule is CCC(CC)N(CCO)C(=O)c1cc(Cl)cn1C. The van der Waals surface area contributed by atoms with Gasteiger partial charge in [0.15, 0.2) is 0 Å². The van der Waals surface area contributed by atoms with Crippen molar-refractivity contribution in [2.75, 3.05) is 13.2 Å². The molecule has 0 saturated carbocycles. The molecule has 102 valence electrons. The lowest BCUT2D eigenvalue weighted by Crippen LogP contribution is -2.42. The van der Waals surface area contributed by atoms with E-state index in [1.165, 1.54) is 0 Å². The molecule has 1 heterocycles. The van der Waals surface area contributed by atoms with E-state index in [9.17, 15) is 4.79 Å². The number of carbonyl (C=O) groups is 1. The summed E-state index contributed by atoms with van der Waals surface area (Å²) >= 11 is 5.90. The highest BCUT2D eigenvalue weighted by molar-refractivity contribution is 6.31. The average Bonchev–Trinajstić information content (AvgIpc) is 2.68. The molecule has 1 aromatic rings. The highest BCUT2D eigenvalue weighted by atomic mass is 35.5. The molecular formula is C13H21ClN2O2. The number of amides is 1. The van der Waals surface area contributed by atoms with Crippen LogP contribution < -0.4 is 0 Å². The lowest BCUT2D eigenvalue weighted by molar-refractivity contribution is 0.0612. The summed E-state index contributed by atoms with van der Waals surface area (Å²) in [6.07, 6.45) is 3.46. The van der Waals surface area contributed by atoms with E-state index in [2.05, 4.69) is 0 Å². The van der Waals surface area contributed by atoms with Crippen LogP contribution in [0.4, 0.5) is 0 Å². The van der Waals surface area contributed by atoms with Gasteiger partial charge in [-0.15, -0.1) is 0 Å². The minimum Gasteiger partial charge on any atom is -0.395 e. The third-order valence-electron chi connectivity index (χ3n) is 3.18. The molecule has 0 fully saturated rings. The Labute approximate surface area is 113 Å². The molecule has 1 rings (SSSR count). The third kappa shape index (κ3) is 3.27. The van der Waals surface area contributed by atoms with Gasteiger partial charge in [0.05, 0.1) is 11.6 Å². The number of aryl methyl sites for hydroxylation is 1. The first-order chi connectivity index (χ1) is 8.54. The normalized spacial score (nSPS) is 11.0. The number of hydrogen-bond acceptors (Lipinski definition) is 2. The zero-order valence-electron chi connectivity index (χ0n) is 11.2. The molecule has 0 radical (unpaired) electrons. The second kappa shape index (κ2) is 6.81. The highest BCUT2D eigenvalue weighted by Gasteiger charge is 2.24. The summed E-state index contributed by atoms with van der Waals surface area (Å²) in [5.41, 5.74) is 0.556. The second-order valence-electron chi connectivity index (χ2n) is 4.35. The van der Waals surface area contributed by atoms with Crippen LogP contribution in [-0.4, -0.2) is 39.7 Å². The number of nitrogens with zero attached hydrogens (tertiary/aromatic N) is 2. The zero-order chi connectivity index (χ0) is 13.7. The van der Waals surface area contributed by atoms with E-state index in [0.29, 0.717) is 17.3 Å². The molecule has 0 unspecified atom stereocenters. The van der Waals surface area contributed by atoms with Crippen LogP contribution in [0.2, 0.25) is 5.02 Å². The average molecular weight is 273 g/mol. The third-order valence-corrected chi connectivity index (χ3v) is 3.38. The van der Waals surface area contributed by atoms with Crippen LogP contribution in [0.15, 0.2) is 12.3 Å². The van der Waals surface area contributed by atoms with Gasteiger partial charge in [-0.2, -0.15) is 0 Å². The number of rotatable bonds is 6. The van der Waals surface area contributed by atoms with Crippen LogP contribution >= 0.6 is 11.6 Å². The molecule has 5 heteroatoms. The second-order valence-corrected chi connectivity index (χ2v) is 4.78. The van der Waals surface area contributed by atoms with Crippen molar-refractivity contribution in [3.63, 3.8) is 0 Å². The van der Waals surface area contributed by atoms with Crippen molar-refractivity contribution in [1.29, 1.82) is 0 Å². The lowest BCUT2D eigenvalue weighted by atomic mass is 10.1. The number of aliphatic hydroxyl groups is 1. The van der Waals surface area contributed by atoms with E-state index in [4.69, 9.17) is 16.7 Å². The predicted molar refractivity (Wildman–Crippen MR) is 72.9 cm³/mol. The van der Waals surface area contributed by atoms with E-state index >= 15 is 0 Å². The topological polar surface area (TPSA) is 45.5 Å². The Hall–Kier alpha value is -1.00. The maximum absolute atomic E-state index is 12.5. The molecule has 4 nitrogen and oxygen atoms in total. The van der Waals surface area contributed by atoms with Gasteiger partial charge >= 0.3 is 0 Å². The maximum Gasteiger partial charge on any atom is 0.270 e. The quantitative estimate of drug-likeness (QED) is 0.864. The van der Waals surface area contributed by atoms with Gasteiger partial charge in [0, 0.05) is 25.8 Å². The van der Waals surface area contributed by atoms with Gasteiger partial charge in [0.2, 0.25) is 0 Å². The number of aliphatic hydroxyl groups excluding tert-OH is 1. The minimum absolute atomic E-state index is 0.0274. The smallest absolute Gasteiger partial charge is 0.270 e. The van der Waals surface area contributed by atoms with Crippen molar-refractivity contribution in [3.05, 3.63) is 23.0 Å². The summed E-state index contributed by atoms with van der Waals surface area (Å²) in [6.45, 7) is 4.42. The van der Waals surface area contributed by atoms with Crippen LogP contribution in [-0.2, 0) is 7.05 Å². The molecule has 0 spiro atoms. The van der Waals surface area contributed by atoms with E-state index in [-0.39, 0.29) is 18.6 Å². The van der Waals surface area contributed by atoms with Crippen molar-refractivity contribution in [3.8, 4) is 0 Å². The summed E-state index contributed by atoms with van der Waals surface area (Å²) in [6, 6.07) is 1.81. The zero-order valence-corrected chi connectivity index (χ0v) is 11.9. The highest BCUT2D eigenvalue weighted by Crippen LogP contribution is 2.17. The molecule has 0 aliphatic rings.